The maximum absolute atomic E-state index is 10.6. The molecule has 15 heavy (non-hydrogen) atoms. The molecule has 0 unspecified atom stereocenters. The van der Waals surface area contributed by atoms with E-state index in [1.807, 2.05) is 0 Å². The van der Waals surface area contributed by atoms with Gasteiger partial charge in [0.1, 0.15) is 11.5 Å². The molecule has 0 aliphatic rings. The molecule has 1 rings (SSSR count). The van der Waals surface area contributed by atoms with Crippen molar-refractivity contribution in [1.29, 1.82) is 0 Å². The highest BCUT2D eigenvalue weighted by molar-refractivity contribution is 7.80. The molecule has 5 heteroatoms. The van der Waals surface area contributed by atoms with Gasteiger partial charge in [0.25, 0.3) is 0 Å². The first-order chi connectivity index (χ1) is 7.08. The van der Waals surface area contributed by atoms with Crippen molar-refractivity contribution >= 4 is 18.6 Å². The summed E-state index contributed by atoms with van der Waals surface area (Å²) in [6.45, 7) is 0. The number of hydrogen-bond donors (Lipinski definition) is 2. The van der Waals surface area contributed by atoms with Gasteiger partial charge < -0.3 is 14.6 Å². The normalized spacial score (nSPS) is 9.80. The second kappa shape index (κ2) is 4.93. The lowest BCUT2D eigenvalue weighted by molar-refractivity contribution is -0.136. The number of rotatable bonds is 4. The minimum Gasteiger partial charge on any atom is -0.496 e. The van der Waals surface area contributed by atoms with Crippen LogP contribution in [-0.4, -0.2) is 25.3 Å². The maximum Gasteiger partial charge on any atom is 0.307 e. The highest BCUT2D eigenvalue weighted by Crippen LogP contribution is 2.31. The zero-order valence-corrected chi connectivity index (χ0v) is 9.38. The highest BCUT2D eigenvalue weighted by Gasteiger charge is 2.11. The number of carboxylic acid groups (broad SMARTS) is 1. The van der Waals surface area contributed by atoms with E-state index in [2.05, 4.69) is 12.6 Å². The van der Waals surface area contributed by atoms with Crippen molar-refractivity contribution in [2.75, 3.05) is 14.2 Å². The largest absolute Gasteiger partial charge is 0.496 e. The number of methoxy groups -OCH3 is 2. The second-order valence-corrected chi connectivity index (χ2v) is 3.39. The predicted molar refractivity (Wildman–Crippen MR) is 58.1 cm³/mol. The summed E-state index contributed by atoms with van der Waals surface area (Å²) >= 11 is 4.18. The van der Waals surface area contributed by atoms with Gasteiger partial charge in [-0.1, -0.05) is 0 Å². The number of hydrogen-bond acceptors (Lipinski definition) is 4. The van der Waals surface area contributed by atoms with Crippen molar-refractivity contribution in [3.8, 4) is 11.5 Å². The Morgan fingerprint density at radius 3 is 2.40 bits per heavy atom. The summed E-state index contributed by atoms with van der Waals surface area (Å²) in [5.41, 5.74) is 0.579. The summed E-state index contributed by atoms with van der Waals surface area (Å²) in [6, 6.07) is 3.26. The van der Waals surface area contributed by atoms with Crippen molar-refractivity contribution in [3.05, 3.63) is 17.7 Å². The van der Waals surface area contributed by atoms with E-state index < -0.39 is 5.97 Å². The summed E-state index contributed by atoms with van der Waals surface area (Å²) in [5.74, 6) is 0.141. The van der Waals surface area contributed by atoms with Crippen molar-refractivity contribution in [2.24, 2.45) is 0 Å². The van der Waals surface area contributed by atoms with Crippen LogP contribution in [-0.2, 0) is 11.2 Å². The molecule has 0 radical (unpaired) electrons. The van der Waals surface area contributed by atoms with E-state index in [1.54, 1.807) is 12.1 Å². The Hall–Kier alpha value is -1.36. The van der Waals surface area contributed by atoms with Crippen LogP contribution in [0.15, 0.2) is 17.0 Å². The van der Waals surface area contributed by atoms with Crippen LogP contribution >= 0.6 is 12.6 Å². The topological polar surface area (TPSA) is 55.8 Å². The number of carbonyl (C=O) groups is 1. The molecule has 0 saturated heterocycles. The Balaban J connectivity index is 3.15. The summed E-state index contributed by atoms with van der Waals surface area (Å²) in [6.07, 6.45) is -0.0965. The molecule has 0 atom stereocenters. The van der Waals surface area contributed by atoms with E-state index in [0.29, 0.717) is 22.0 Å². The van der Waals surface area contributed by atoms with Crippen LogP contribution in [0, 0.1) is 0 Å². The van der Waals surface area contributed by atoms with Crippen molar-refractivity contribution in [1.82, 2.24) is 0 Å². The molecule has 4 nitrogen and oxygen atoms in total. The average Bonchev–Trinajstić information content (AvgIpc) is 2.17. The summed E-state index contributed by atoms with van der Waals surface area (Å²) in [4.78, 5) is 11.2. The lowest BCUT2D eigenvalue weighted by atomic mass is 10.1. The van der Waals surface area contributed by atoms with E-state index in [-0.39, 0.29) is 6.42 Å². The first-order valence-corrected chi connectivity index (χ1v) is 4.69. The molecular weight excluding hydrogens is 216 g/mol. The number of benzene rings is 1. The van der Waals surface area contributed by atoms with Crippen LogP contribution in [0.3, 0.4) is 0 Å². The van der Waals surface area contributed by atoms with Crippen LogP contribution in [0.1, 0.15) is 5.56 Å². The molecule has 0 bridgehead atoms. The average molecular weight is 228 g/mol. The molecule has 82 valence electrons. The molecule has 1 aromatic rings. The SMILES string of the molecule is COc1cc(OC)c(CC(=O)O)cc1S. The zero-order valence-electron chi connectivity index (χ0n) is 8.48. The van der Waals surface area contributed by atoms with Gasteiger partial charge in [0.15, 0.2) is 0 Å². The van der Waals surface area contributed by atoms with Gasteiger partial charge in [-0.2, -0.15) is 0 Å². The van der Waals surface area contributed by atoms with Crippen LogP contribution in [0.5, 0.6) is 11.5 Å². The van der Waals surface area contributed by atoms with Crippen molar-refractivity contribution in [3.63, 3.8) is 0 Å². The first kappa shape index (κ1) is 11.7. The highest BCUT2D eigenvalue weighted by atomic mass is 32.1. The zero-order chi connectivity index (χ0) is 11.4. The fraction of sp³-hybridized carbons (Fsp3) is 0.300. The smallest absolute Gasteiger partial charge is 0.307 e. The Morgan fingerprint density at radius 1 is 1.33 bits per heavy atom. The molecule has 0 fully saturated rings. The number of carboxylic acids is 1. The van der Waals surface area contributed by atoms with Crippen LogP contribution in [0.4, 0.5) is 0 Å². The molecule has 0 aliphatic carbocycles. The molecule has 0 aliphatic heterocycles. The Kier molecular flexibility index (Phi) is 3.85. The third-order valence-corrected chi connectivity index (χ3v) is 2.27. The van der Waals surface area contributed by atoms with E-state index in [4.69, 9.17) is 14.6 Å². The molecule has 1 N–H and O–H groups in total. The van der Waals surface area contributed by atoms with Gasteiger partial charge in [0.2, 0.25) is 0 Å². The van der Waals surface area contributed by atoms with E-state index in [0.717, 1.165) is 0 Å². The van der Waals surface area contributed by atoms with E-state index in [9.17, 15) is 4.79 Å². The van der Waals surface area contributed by atoms with Gasteiger partial charge in [-0.15, -0.1) is 12.6 Å². The predicted octanol–water partition coefficient (Wildman–Crippen LogP) is 1.62. The minimum absolute atomic E-state index is 0.0965. The third kappa shape index (κ3) is 2.79. The van der Waals surface area contributed by atoms with E-state index in [1.165, 1.54) is 14.2 Å². The fourth-order valence-corrected chi connectivity index (χ4v) is 1.56. The van der Waals surface area contributed by atoms with Crippen molar-refractivity contribution in [2.45, 2.75) is 11.3 Å². The third-order valence-electron chi connectivity index (χ3n) is 1.92. The van der Waals surface area contributed by atoms with Gasteiger partial charge in [0, 0.05) is 16.5 Å². The van der Waals surface area contributed by atoms with Gasteiger partial charge in [-0.25, -0.2) is 0 Å². The lowest BCUT2D eigenvalue weighted by Crippen LogP contribution is -2.03. The summed E-state index contributed by atoms with van der Waals surface area (Å²) < 4.78 is 10.1. The van der Waals surface area contributed by atoms with Crippen molar-refractivity contribution < 1.29 is 19.4 Å². The van der Waals surface area contributed by atoms with Gasteiger partial charge in [-0.05, 0) is 6.07 Å². The number of thiol groups is 1. The maximum atomic E-state index is 10.6. The molecule has 0 spiro atoms. The number of ether oxygens (including phenoxy) is 2. The summed E-state index contributed by atoms with van der Waals surface area (Å²) in [7, 11) is 3.00. The molecule has 0 aromatic heterocycles. The molecular formula is C10H12O4S. The molecule has 0 saturated carbocycles. The van der Waals surface area contributed by atoms with Gasteiger partial charge >= 0.3 is 5.97 Å². The summed E-state index contributed by atoms with van der Waals surface area (Å²) in [5, 5.41) is 8.69. The quantitative estimate of drug-likeness (QED) is 0.769. The Labute approximate surface area is 93.2 Å². The fourth-order valence-electron chi connectivity index (χ4n) is 1.25. The molecule has 0 amide bonds. The molecule has 1 aromatic carbocycles. The van der Waals surface area contributed by atoms with Crippen LogP contribution in [0.2, 0.25) is 0 Å². The molecule has 0 heterocycles. The standard InChI is InChI=1S/C10H12O4S/c1-13-7-5-8(14-2)9(15)3-6(7)4-10(11)12/h3,5,15H,4H2,1-2H3,(H,11,12). The van der Waals surface area contributed by atoms with Crippen LogP contribution in [0.25, 0.3) is 0 Å². The first-order valence-electron chi connectivity index (χ1n) is 4.24. The lowest BCUT2D eigenvalue weighted by Gasteiger charge is -2.10. The monoisotopic (exact) mass is 228 g/mol. The number of aliphatic carboxylic acids is 1. The minimum atomic E-state index is -0.911. The Morgan fingerprint density at radius 2 is 1.93 bits per heavy atom. The van der Waals surface area contributed by atoms with Gasteiger partial charge in [0.05, 0.1) is 20.6 Å². The van der Waals surface area contributed by atoms with E-state index >= 15 is 0 Å². The van der Waals surface area contributed by atoms with Crippen LogP contribution < -0.4 is 9.47 Å². The van der Waals surface area contributed by atoms with Gasteiger partial charge in [-0.3, -0.25) is 4.79 Å². The Bertz CT molecular complexity index is 376. The second-order valence-electron chi connectivity index (χ2n) is 2.91.